The summed E-state index contributed by atoms with van der Waals surface area (Å²) in [6.45, 7) is -14.2. The number of phenols is 2. The smallest absolute Gasteiger partial charge is 0.330 e. The highest BCUT2D eigenvalue weighted by atomic mass is 16.8. The van der Waals surface area contributed by atoms with Crippen molar-refractivity contribution >= 4 is 24.1 Å². The number of esters is 2. The molecule has 0 radical (unpaired) electrons. The lowest BCUT2D eigenvalue weighted by molar-refractivity contribution is -0.407. The van der Waals surface area contributed by atoms with E-state index >= 15 is 0 Å². The Morgan fingerprint density at radius 2 is 0.742 bits per heavy atom. The van der Waals surface area contributed by atoms with Crippen LogP contribution in [0.25, 0.3) is 12.2 Å². The molecule has 0 saturated carbocycles. The zero-order valence-corrected chi connectivity index (χ0v) is 49.0. The van der Waals surface area contributed by atoms with E-state index in [4.69, 9.17) is 61.6 Å². The van der Waals surface area contributed by atoms with E-state index in [-0.39, 0.29) is 22.6 Å². The van der Waals surface area contributed by atoms with Crippen molar-refractivity contribution in [2.45, 2.75) is 164 Å². The van der Waals surface area contributed by atoms with Crippen LogP contribution in [0.1, 0.15) is 22.3 Å². The van der Waals surface area contributed by atoms with E-state index in [1.807, 2.05) is 0 Å². The summed E-state index contributed by atoms with van der Waals surface area (Å²) in [5.41, 5.74) is 0.872. The quantitative estimate of drug-likeness (QED) is 0.0266. The largest absolute Gasteiger partial charge is 0.508 e. The number of rotatable bonds is 29. The first-order valence-corrected chi connectivity index (χ1v) is 28.8. The van der Waals surface area contributed by atoms with Crippen LogP contribution in [0, 0.1) is 0 Å². The molecule has 0 spiro atoms. The minimum absolute atomic E-state index is 0.109. The fourth-order valence-electron chi connectivity index (χ4n) is 11.1. The van der Waals surface area contributed by atoms with Crippen molar-refractivity contribution in [2.75, 3.05) is 72.7 Å². The van der Waals surface area contributed by atoms with Crippen molar-refractivity contribution in [3.63, 3.8) is 0 Å². The first kappa shape index (κ1) is 74.0. The summed E-state index contributed by atoms with van der Waals surface area (Å²) in [6.07, 6.45) is -38.0. The molecule has 2 aromatic rings. The van der Waals surface area contributed by atoms with Gasteiger partial charge in [-0.2, -0.15) is 0 Å². The van der Waals surface area contributed by atoms with E-state index in [9.17, 15) is 122 Å². The van der Waals surface area contributed by atoms with Crippen molar-refractivity contribution in [2.24, 2.45) is 0 Å². The highest BCUT2D eigenvalue weighted by molar-refractivity contribution is 5.87. The number of benzene rings is 2. The number of aliphatic hydroxyl groups is 20. The van der Waals surface area contributed by atoms with E-state index in [2.05, 4.69) is 0 Å². The molecule has 0 aromatic heterocycles. The SMILES string of the molecule is O=C(/C=C/c1ccc(O)c(CO)c1)OCC1OC(OC2(COC3(COC4(COC5(COC6(CO)OC(CO)C(O)C6O)OC(COC(=O)/C=C/c6ccc(O)c(CO)c6)C(O)C5O)OC(CO)C(O)C4O)OC(CO)C(O)C3O)OC(CO)C(O)C2O)C(O)C(O)C1O. The standard InChI is InChI=1S/C56H78O37/c57-11-26-9-24(1-5-28(26)64)3-7-36(66)81-17-34-38(68)44(74)45(75)51(87-34)93-56(50(80)42(72)33(16-62)91-56)23-86-54(48(78)41(71)32(15-61)90-54)22-84-53(47(77)40(70)31(14-60)89-53)21-85-55(20-83-52(19-63)46(76)39(69)30(13-59)88-52)49(79)43(73)35(92-55)18-82-37(67)8-4-25-2-6-29(65)27(10-25)12-58/h1-10,30-35,38-51,57-65,68-80H,11-23H2/b7-3+,8-4+. The number of carbonyl (C=O) groups is 2. The first-order valence-electron chi connectivity index (χ1n) is 28.8. The normalized spacial score (nSPS) is 41.1. The molecule has 0 amide bonds. The van der Waals surface area contributed by atoms with Gasteiger partial charge >= 0.3 is 11.9 Å². The van der Waals surface area contributed by atoms with Gasteiger partial charge in [0.1, 0.15) is 174 Å². The van der Waals surface area contributed by atoms with E-state index < -0.39 is 249 Å². The number of hydrogen-bond acceptors (Lipinski definition) is 37. The number of ether oxygens (including phenoxy) is 13. The first-order chi connectivity index (χ1) is 44.1. The van der Waals surface area contributed by atoms with Crippen molar-refractivity contribution in [3.05, 3.63) is 70.8 Å². The highest BCUT2D eigenvalue weighted by Crippen LogP contribution is 2.45. The summed E-state index contributed by atoms with van der Waals surface area (Å²) < 4.78 is 75.0. The second kappa shape index (κ2) is 30.7. The zero-order valence-electron chi connectivity index (χ0n) is 49.0. The van der Waals surface area contributed by atoms with Gasteiger partial charge in [-0.05, 0) is 47.5 Å². The third-order valence-electron chi connectivity index (χ3n) is 16.7. The van der Waals surface area contributed by atoms with Crippen LogP contribution >= 0.6 is 0 Å². The Morgan fingerprint density at radius 3 is 1.13 bits per heavy atom. The molecule has 0 bridgehead atoms. The Morgan fingerprint density at radius 1 is 0.409 bits per heavy atom. The Kier molecular flexibility index (Phi) is 24.5. The number of carbonyl (C=O) groups excluding carboxylic acids is 2. The van der Waals surface area contributed by atoms with Crippen LogP contribution in [0.2, 0.25) is 0 Å². The van der Waals surface area contributed by atoms with Gasteiger partial charge in [0, 0.05) is 23.3 Å². The predicted molar refractivity (Wildman–Crippen MR) is 293 cm³/mol. The Labute approximate surface area is 525 Å². The molecule has 25 atom stereocenters. The molecule has 6 fully saturated rings. The van der Waals surface area contributed by atoms with Crippen LogP contribution in [-0.2, 0) is 84.4 Å². The maximum Gasteiger partial charge on any atom is 0.330 e. The van der Waals surface area contributed by atoms with Crippen LogP contribution in [0.5, 0.6) is 11.5 Å². The fourth-order valence-corrected chi connectivity index (χ4v) is 11.1. The fraction of sp³-hybridized carbons (Fsp3) is 0.679. The zero-order chi connectivity index (χ0) is 68.1. The molecule has 6 aliphatic heterocycles. The van der Waals surface area contributed by atoms with Crippen LogP contribution in [0.3, 0.4) is 0 Å². The lowest BCUT2D eigenvalue weighted by atomic mass is 9.98. The highest BCUT2D eigenvalue weighted by Gasteiger charge is 2.66. The van der Waals surface area contributed by atoms with Gasteiger partial charge in [-0.3, -0.25) is 0 Å². The predicted octanol–water partition coefficient (Wildman–Crippen LogP) is -11.2. The van der Waals surface area contributed by atoms with Crippen molar-refractivity contribution in [1.29, 1.82) is 0 Å². The molecule has 0 aliphatic carbocycles. The Hall–Kier alpha value is -4.78. The molecule has 8 rings (SSSR count). The molecule has 6 heterocycles. The third kappa shape index (κ3) is 15.2. The number of aromatic hydroxyl groups is 2. The minimum Gasteiger partial charge on any atom is -0.508 e. The molecule has 2 aromatic carbocycles. The molecule has 93 heavy (non-hydrogen) atoms. The summed E-state index contributed by atoms with van der Waals surface area (Å²) in [5.74, 6) is -17.4. The molecule has 22 N–H and O–H groups in total. The van der Waals surface area contributed by atoms with Crippen LogP contribution in [0.15, 0.2) is 48.6 Å². The molecule has 25 unspecified atom stereocenters. The maximum absolute atomic E-state index is 13.0. The average molecular weight is 1340 g/mol. The number of aliphatic hydroxyl groups excluding tert-OH is 20. The van der Waals surface area contributed by atoms with Crippen LogP contribution < -0.4 is 0 Å². The summed E-state index contributed by atoms with van der Waals surface area (Å²) in [4.78, 5) is 25.8. The monoisotopic (exact) mass is 1340 g/mol. The van der Waals surface area contributed by atoms with Crippen molar-refractivity contribution < 1.29 is 184 Å². The molecule has 37 heteroatoms. The van der Waals surface area contributed by atoms with E-state index in [0.29, 0.717) is 11.1 Å². The van der Waals surface area contributed by atoms with Gasteiger partial charge in [0.25, 0.3) is 0 Å². The Bertz CT molecular complexity index is 2870. The van der Waals surface area contributed by atoms with Gasteiger partial charge in [0.2, 0.25) is 28.9 Å². The van der Waals surface area contributed by atoms with Gasteiger partial charge in [-0.1, -0.05) is 12.1 Å². The maximum atomic E-state index is 13.0. The summed E-state index contributed by atoms with van der Waals surface area (Å²) in [6, 6.07) is 7.96. The van der Waals surface area contributed by atoms with Crippen LogP contribution in [-0.4, -0.2) is 348 Å². The summed E-state index contributed by atoms with van der Waals surface area (Å²) >= 11 is 0. The third-order valence-corrected chi connectivity index (χ3v) is 16.7. The lowest BCUT2D eigenvalue weighted by Gasteiger charge is -2.45. The minimum atomic E-state index is -3.04. The van der Waals surface area contributed by atoms with E-state index in [1.165, 1.54) is 48.6 Å². The molecule has 524 valence electrons. The lowest BCUT2D eigenvalue weighted by Crippen LogP contribution is -2.64. The average Bonchev–Trinajstić information content (AvgIpc) is 1.62. The molecule has 6 aliphatic rings. The molecular weight excluding hydrogens is 1260 g/mol. The summed E-state index contributed by atoms with van der Waals surface area (Å²) in [7, 11) is 0. The molecular formula is C56H78O37. The van der Waals surface area contributed by atoms with Gasteiger partial charge in [-0.15, -0.1) is 0 Å². The van der Waals surface area contributed by atoms with Gasteiger partial charge in [0.05, 0.1) is 39.6 Å². The second-order valence-corrected chi connectivity index (χ2v) is 22.7. The second-order valence-electron chi connectivity index (χ2n) is 22.7. The van der Waals surface area contributed by atoms with Crippen molar-refractivity contribution in [1.82, 2.24) is 0 Å². The van der Waals surface area contributed by atoms with E-state index in [0.717, 1.165) is 12.2 Å². The number of hydrogen-bond donors (Lipinski definition) is 22. The molecule has 37 nitrogen and oxygen atoms in total. The van der Waals surface area contributed by atoms with Gasteiger partial charge in [-0.25, -0.2) is 9.59 Å². The van der Waals surface area contributed by atoms with Gasteiger partial charge < -0.3 is 174 Å². The Balaban J connectivity index is 1.06. The van der Waals surface area contributed by atoms with Crippen molar-refractivity contribution in [3.8, 4) is 11.5 Å². The van der Waals surface area contributed by atoms with Gasteiger partial charge in [0.15, 0.2) is 6.29 Å². The molecule has 6 saturated heterocycles. The summed E-state index contributed by atoms with van der Waals surface area (Å²) in [5, 5.41) is 237. The van der Waals surface area contributed by atoms with E-state index in [1.54, 1.807) is 0 Å². The van der Waals surface area contributed by atoms with Crippen LogP contribution in [0.4, 0.5) is 0 Å². The topological polar surface area (TPSA) is 599 Å².